The van der Waals surface area contributed by atoms with E-state index in [0.29, 0.717) is 4.60 Å². The fraction of sp³-hybridized carbons (Fsp3) is 0.824. The molecule has 0 amide bonds. The maximum Gasteiger partial charge on any atom is 0.269 e. The van der Waals surface area contributed by atoms with Gasteiger partial charge in [0, 0.05) is 0 Å². The van der Waals surface area contributed by atoms with Crippen LogP contribution < -0.4 is 0 Å². The van der Waals surface area contributed by atoms with E-state index in [-0.39, 0.29) is 15.7 Å². The fourth-order valence-electron chi connectivity index (χ4n) is 2.93. The summed E-state index contributed by atoms with van der Waals surface area (Å²) in [5.74, 6) is 0. The lowest BCUT2D eigenvalue weighted by Crippen LogP contribution is -2.31. The van der Waals surface area contributed by atoms with Crippen LogP contribution in [0.15, 0.2) is 9.21 Å². The highest BCUT2D eigenvalue weighted by molar-refractivity contribution is 9.11. The Morgan fingerprint density at radius 1 is 1.00 bits per heavy atom. The quantitative estimate of drug-likeness (QED) is 0.312. The Bertz CT molecular complexity index is 477. The highest BCUT2D eigenvalue weighted by Gasteiger charge is 2.32. The molecule has 0 aromatic carbocycles. The molecule has 0 aliphatic rings. The second-order valence-electron chi connectivity index (χ2n) is 6.47. The van der Waals surface area contributed by atoms with Gasteiger partial charge < -0.3 is 0 Å². The Hall–Kier alpha value is 0.0300. The van der Waals surface area contributed by atoms with E-state index in [4.69, 9.17) is 0 Å². The largest absolute Gasteiger partial charge is 0.269 e. The molecule has 6 heteroatoms. The van der Waals surface area contributed by atoms with Gasteiger partial charge in [0.1, 0.15) is 9.21 Å². The highest BCUT2D eigenvalue weighted by atomic mass is 79.9. The molecule has 1 rings (SSSR count). The van der Waals surface area contributed by atoms with Crippen molar-refractivity contribution in [3.8, 4) is 0 Å². The zero-order valence-corrected chi connectivity index (χ0v) is 17.5. The van der Waals surface area contributed by atoms with Crippen LogP contribution in [-0.2, 0) is 5.54 Å². The number of hydrogen-bond donors (Lipinski definition) is 0. The van der Waals surface area contributed by atoms with Gasteiger partial charge in [0.2, 0.25) is 0 Å². The monoisotopic (exact) mass is 456 g/mol. The van der Waals surface area contributed by atoms with E-state index in [2.05, 4.69) is 57.7 Å². The molecule has 1 atom stereocenters. The van der Waals surface area contributed by atoms with Crippen LogP contribution in [0, 0.1) is 0 Å². The molecule has 23 heavy (non-hydrogen) atoms. The minimum absolute atomic E-state index is 0.0429. The number of hydrogen-bond acceptors (Lipinski definition) is 1. The van der Waals surface area contributed by atoms with Gasteiger partial charge in [-0.25, -0.2) is 8.78 Å². The van der Waals surface area contributed by atoms with Gasteiger partial charge in [0.05, 0.1) is 11.1 Å². The summed E-state index contributed by atoms with van der Waals surface area (Å²) >= 11 is 6.54. The Balaban J connectivity index is 2.94. The van der Waals surface area contributed by atoms with Gasteiger partial charge in [-0.3, -0.25) is 4.68 Å². The zero-order valence-electron chi connectivity index (χ0n) is 14.3. The Morgan fingerprint density at radius 2 is 1.57 bits per heavy atom. The van der Waals surface area contributed by atoms with Crippen LogP contribution in [0.3, 0.4) is 0 Å². The molecular weight excluding hydrogens is 430 g/mol. The van der Waals surface area contributed by atoms with Crippen molar-refractivity contribution >= 4 is 31.9 Å². The molecule has 1 aromatic rings. The zero-order chi connectivity index (χ0) is 17.5. The van der Waals surface area contributed by atoms with E-state index in [1.54, 1.807) is 4.68 Å². The third-order valence-corrected chi connectivity index (χ3v) is 5.78. The van der Waals surface area contributed by atoms with E-state index in [1.807, 2.05) is 0 Å². The van der Waals surface area contributed by atoms with Crippen LogP contribution in [0.25, 0.3) is 0 Å². The standard InChI is InChI=1S/C17H28Br2F2N2/c1-4-6-8-9-10-12-17(3,11-7-5-2)23-15(19)13(16(20)21)14(18)22-23/h16H,4-12H2,1-3H3. The van der Waals surface area contributed by atoms with Crippen molar-refractivity contribution in [1.29, 1.82) is 0 Å². The lowest BCUT2D eigenvalue weighted by atomic mass is 9.88. The van der Waals surface area contributed by atoms with Gasteiger partial charge in [-0.15, -0.1) is 0 Å². The maximum atomic E-state index is 13.2. The molecule has 0 saturated carbocycles. The first-order valence-corrected chi connectivity index (χ1v) is 10.2. The molecule has 1 unspecified atom stereocenters. The molecule has 0 aliphatic carbocycles. The van der Waals surface area contributed by atoms with Crippen LogP contribution in [0.4, 0.5) is 8.78 Å². The molecule has 0 aliphatic heterocycles. The topological polar surface area (TPSA) is 17.8 Å². The number of halogens is 4. The van der Waals surface area contributed by atoms with Crippen molar-refractivity contribution < 1.29 is 8.78 Å². The number of nitrogens with zero attached hydrogens (tertiary/aromatic N) is 2. The Morgan fingerprint density at radius 3 is 2.09 bits per heavy atom. The summed E-state index contributed by atoms with van der Waals surface area (Å²) in [5, 5.41) is 4.38. The number of rotatable bonds is 11. The van der Waals surface area contributed by atoms with Crippen LogP contribution in [0.1, 0.15) is 90.5 Å². The fourth-order valence-corrected chi connectivity index (χ4v) is 4.58. The van der Waals surface area contributed by atoms with Crippen LogP contribution in [0.5, 0.6) is 0 Å². The molecule has 2 nitrogen and oxygen atoms in total. The molecule has 0 fully saturated rings. The van der Waals surface area contributed by atoms with E-state index < -0.39 is 6.43 Å². The molecule has 0 N–H and O–H groups in total. The highest BCUT2D eigenvalue weighted by Crippen LogP contribution is 2.39. The van der Waals surface area contributed by atoms with Crippen molar-refractivity contribution in [3.63, 3.8) is 0 Å². The maximum absolute atomic E-state index is 13.2. The van der Waals surface area contributed by atoms with Gasteiger partial charge in [-0.05, 0) is 51.6 Å². The molecule has 0 saturated heterocycles. The normalized spacial score (nSPS) is 14.4. The second kappa shape index (κ2) is 10.1. The van der Waals surface area contributed by atoms with Gasteiger partial charge in [-0.1, -0.05) is 58.8 Å². The average molecular weight is 458 g/mol. The number of alkyl halides is 2. The summed E-state index contributed by atoms with van der Waals surface area (Å²) in [4.78, 5) is 0. The summed E-state index contributed by atoms with van der Waals surface area (Å²) in [6.07, 6.45) is 7.57. The molecule has 1 aromatic heterocycles. The van der Waals surface area contributed by atoms with Crippen LogP contribution >= 0.6 is 31.9 Å². The minimum atomic E-state index is -2.53. The number of aromatic nitrogens is 2. The van der Waals surface area contributed by atoms with Crippen molar-refractivity contribution in [3.05, 3.63) is 14.8 Å². The van der Waals surface area contributed by atoms with E-state index in [0.717, 1.165) is 32.1 Å². The molecule has 134 valence electrons. The third kappa shape index (κ3) is 5.80. The summed E-state index contributed by atoms with van der Waals surface area (Å²) < 4.78 is 28.9. The molecule has 0 spiro atoms. The second-order valence-corrected chi connectivity index (χ2v) is 7.97. The van der Waals surface area contributed by atoms with E-state index >= 15 is 0 Å². The third-order valence-electron chi connectivity index (χ3n) is 4.44. The summed E-state index contributed by atoms with van der Waals surface area (Å²) in [5.41, 5.74) is -0.268. The SMILES string of the molecule is CCCCCCCC(C)(CCCC)n1nc(Br)c(C(F)F)c1Br. The summed E-state index contributed by atoms with van der Waals surface area (Å²) in [6, 6.07) is 0. The van der Waals surface area contributed by atoms with Crippen LogP contribution in [0.2, 0.25) is 0 Å². The van der Waals surface area contributed by atoms with Gasteiger partial charge >= 0.3 is 0 Å². The van der Waals surface area contributed by atoms with Crippen molar-refractivity contribution in [2.24, 2.45) is 0 Å². The van der Waals surface area contributed by atoms with Gasteiger partial charge in [0.15, 0.2) is 0 Å². The summed E-state index contributed by atoms with van der Waals surface area (Å²) in [7, 11) is 0. The first kappa shape index (κ1) is 21.1. The van der Waals surface area contributed by atoms with Gasteiger partial charge in [-0.2, -0.15) is 5.10 Å². The first-order valence-electron chi connectivity index (χ1n) is 8.60. The lowest BCUT2D eigenvalue weighted by molar-refractivity contribution is 0.148. The van der Waals surface area contributed by atoms with E-state index in [9.17, 15) is 8.78 Å². The predicted octanol–water partition coefficient (Wildman–Crippen LogP) is 7.61. The smallest absolute Gasteiger partial charge is 0.251 e. The first-order chi connectivity index (χ1) is 10.9. The minimum Gasteiger partial charge on any atom is -0.251 e. The Labute approximate surface area is 155 Å². The number of unbranched alkanes of at least 4 members (excludes halogenated alkanes) is 5. The van der Waals surface area contributed by atoms with Gasteiger partial charge in [0.25, 0.3) is 6.43 Å². The molecule has 0 bridgehead atoms. The lowest BCUT2D eigenvalue weighted by Gasteiger charge is -2.31. The molecule has 0 radical (unpaired) electrons. The Kier molecular flexibility index (Phi) is 9.27. The average Bonchev–Trinajstić information content (AvgIpc) is 2.80. The van der Waals surface area contributed by atoms with Crippen LogP contribution in [-0.4, -0.2) is 9.78 Å². The summed E-state index contributed by atoms with van der Waals surface area (Å²) in [6.45, 7) is 6.50. The molecular formula is C17H28Br2F2N2. The predicted molar refractivity (Wildman–Crippen MR) is 99.1 cm³/mol. The van der Waals surface area contributed by atoms with E-state index in [1.165, 1.54) is 25.7 Å². The molecule has 1 heterocycles. The van der Waals surface area contributed by atoms with Crippen molar-refractivity contribution in [1.82, 2.24) is 9.78 Å². The van der Waals surface area contributed by atoms with Crippen molar-refractivity contribution in [2.45, 2.75) is 90.5 Å². The van der Waals surface area contributed by atoms with Crippen molar-refractivity contribution in [2.75, 3.05) is 0 Å².